The molecule has 1 nitrogen and oxygen atoms in total. The van der Waals surface area contributed by atoms with E-state index in [4.69, 9.17) is 5.11 Å². The molecule has 0 aliphatic heterocycles. The Morgan fingerprint density at radius 3 is 2.57 bits per heavy atom. The van der Waals surface area contributed by atoms with Gasteiger partial charge in [-0.25, -0.2) is 4.39 Å². The summed E-state index contributed by atoms with van der Waals surface area (Å²) in [4.78, 5) is 0. The van der Waals surface area contributed by atoms with Crippen LogP contribution < -0.4 is 0 Å². The lowest BCUT2D eigenvalue weighted by Gasteiger charge is -2.18. The average molecular weight is 261 g/mol. The lowest BCUT2D eigenvalue weighted by molar-refractivity contribution is 0.0867. The predicted molar refractivity (Wildman–Crippen MR) is 59.1 cm³/mol. The summed E-state index contributed by atoms with van der Waals surface area (Å²) in [7, 11) is 0. The van der Waals surface area contributed by atoms with Crippen molar-refractivity contribution in [2.75, 3.05) is 6.61 Å². The van der Waals surface area contributed by atoms with Gasteiger partial charge in [-0.15, -0.1) is 0 Å². The third-order valence-electron chi connectivity index (χ3n) is 2.33. The van der Waals surface area contributed by atoms with Gasteiger partial charge in [-0.3, -0.25) is 0 Å². The molecule has 0 radical (unpaired) electrons. The van der Waals surface area contributed by atoms with E-state index >= 15 is 0 Å². The van der Waals surface area contributed by atoms with Crippen molar-refractivity contribution < 1.29 is 9.50 Å². The SMILES string of the molecule is CCc1ccc(C(C)(F)CO)cc1Br. The van der Waals surface area contributed by atoms with Crippen LogP contribution in [0, 0.1) is 0 Å². The summed E-state index contributed by atoms with van der Waals surface area (Å²) in [5.74, 6) is 0. The van der Waals surface area contributed by atoms with Crippen LogP contribution in [0.15, 0.2) is 22.7 Å². The first-order valence-corrected chi connectivity index (χ1v) is 5.39. The van der Waals surface area contributed by atoms with Crippen LogP contribution in [0.2, 0.25) is 0 Å². The molecule has 1 unspecified atom stereocenters. The van der Waals surface area contributed by atoms with Crippen LogP contribution in [0.4, 0.5) is 4.39 Å². The molecule has 1 aromatic rings. The largest absolute Gasteiger partial charge is 0.393 e. The lowest BCUT2D eigenvalue weighted by Crippen LogP contribution is -2.20. The van der Waals surface area contributed by atoms with E-state index in [2.05, 4.69) is 15.9 Å². The zero-order valence-corrected chi connectivity index (χ0v) is 9.94. The number of aryl methyl sites for hydroxylation is 1. The fraction of sp³-hybridized carbons (Fsp3) is 0.455. The summed E-state index contributed by atoms with van der Waals surface area (Å²) in [5.41, 5.74) is -0.0130. The van der Waals surface area contributed by atoms with Crippen molar-refractivity contribution >= 4 is 15.9 Å². The quantitative estimate of drug-likeness (QED) is 0.885. The summed E-state index contributed by atoms with van der Waals surface area (Å²) in [6.45, 7) is 2.92. The van der Waals surface area contributed by atoms with E-state index in [0.717, 1.165) is 16.5 Å². The van der Waals surface area contributed by atoms with Gasteiger partial charge in [0.05, 0.1) is 6.61 Å². The van der Waals surface area contributed by atoms with E-state index in [-0.39, 0.29) is 0 Å². The first-order chi connectivity index (χ1) is 6.51. The van der Waals surface area contributed by atoms with Crippen molar-refractivity contribution in [3.05, 3.63) is 33.8 Å². The molecular weight excluding hydrogens is 247 g/mol. The minimum absolute atomic E-state index is 0.495. The first kappa shape index (κ1) is 11.7. The van der Waals surface area contributed by atoms with E-state index in [9.17, 15) is 4.39 Å². The number of halogens is 2. The molecule has 0 saturated carbocycles. The summed E-state index contributed by atoms with van der Waals surface area (Å²) in [5, 5.41) is 8.87. The van der Waals surface area contributed by atoms with E-state index in [1.54, 1.807) is 12.1 Å². The van der Waals surface area contributed by atoms with Crippen LogP contribution in [0.5, 0.6) is 0 Å². The van der Waals surface area contributed by atoms with E-state index in [1.807, 2.05) is 13.0 Å². The van der Waals surface area contributed by atoms with Crippen LogP contribution in [0.25, 0.3) is 0 Å². The molecule has 1 rings (SSSR count). The second-order valence-electron chi connectivity index (χ2n) is 3.52. The fourth-order valence-corrected chi connectivity index (χ4v) is 1.91. The molecule has 3 heteroatoms. The number of alkyl halides is 1. The Morgan fingerprint density at radius 2 is 2.14 bits per heavy atom. The monoisotopic (exact) mass is 260 g/mol. The molecule has 0 heterocycles. The van der Waals surface area contributed by atoms with Gasteiger partial charge in [-0.2, -0.15) is 0 Å². The van der Waals surface area contributed by atoms with Crippen LogP contribution in [-0.4, -0.2) is 11.7 Å². The molecule has 1 N–H and O–H groups in total. The van der Waals surface area contributed by atoms with Gasteiger partial charge in [0, 0.05) is 4.47 Å². The topological polar surface area (TPSA) is 20.2 Å². The molecule has 1 atom stereocenters. The maximum absolute atomic E-state index is 13.7. The molecule has 0 aromatic heterocycles. The minimum atomic E-state index is -1.66. The minimum Gasteiger partial charge on any atom is -0.393 e. The zero-order valence-electron chi connectivity index (χ0n) is 8.35. The Kier molecular flexibility index (Phi) is 3.67. The van der Waals surface area contributed by atoms with Crippen LogP contribution >= 0.6 is 15.9 Å². The van der Waals surface area contributed by atoms with E-state index < -0.39 is 12.3 Å². The van der Waals surface area contributed by atoms with Crippen LogP contribution in [0.3, 0.4) is 0 Å². The summed E-state index contributed by atoms with van der Waals surface area (Å²) in [6, 6.07) is 5.34. The van der Waals surface area contributed by atoms with E-state index in [1.165, 1.54) is 6.92 Å². The predicted octanol–water partition coefficient (Wildman–Crippen LogP) is 3.19. The van der Waals surface area contributed by atoms with Gasteiger partial charge < -0.3 is 5.11 Å². The summed E-state index contributed by atoms with van der Waals surface area (Å²) >= 11 is 3.38. The van der Waals surface area contributed by atoms with Gasteiger partial charge in [0.2, 0.25) is 0 Å². The van der Waals surface area contributed by atoms with Crippen molar-refractivity contribution in [1.29, 1.82) is 0 Å². The number of aliphatic hydroxyl groups is 1. The van der Waals surface area contributed by atoms with E-state index in [0.29, 0.717) is 5.56 Å². The summed E-state index contributed by atoms with van der Waals surface area (Å²) < 4.78 is 14.6. The number of aliphatic hydroxyl groups excluding tert-OH is 1. The van der Waals surface area contributed by atoms with Gasteiger partial charge >= 0.3 is 0 Å². The Balaban J connectivity index is 3.08. The third-order valence-corrected chi connectivity index (χ3v) is 3.07. The molecule has 0 saturated heterocycles. The Bertz CT molecular complexity index is 323. The highest BCUT2D eigenvalue weighted by molar-refractivity contribution is 9.10. The third kappa shape index (κ3) is 2.34. The van der Waals surface area contributed by atoms with Crippen molar-refractivity contribution in [3.8, 4) is 0 Å². The molecule has 0 amide bonds. The zero-order chi connectivity index (χ0) is 10.8. The fourth-order valence-electron chi connectivity index (χ4n) is 1.25. The van der Waals surface area contributed by atoms with Gasteiger partial charge in [0.15, 0.2) is 5.67 Å². The van der Waals surface area contributed by atoms with Gasteiger partial charge in [0.1, 0.15) is 0 Å². The maximum Gasteiger partial charge on any atom is 0.156 e. The molecule has 78 valence electrons. The summed E-state index contributed by atoms with van der Waals surface area (Å²) in [6.07, 6.45) is 0.906. The number of rotatable bonds is 3. The number of hydrogen-bond acceptors (Lipinski definition) is 1. The standard InChI is InChI=1S/C11H14BrFO/c1-3-8-4-5-9(6-10(8)12)11(2,13)7-14/h4-6,14H,3,7H2,1-2H3. The number of hydrogen-bond donors (Lipinski definition) is 1. The second kappa shape index (κ2) is 4.41. The Hall–Kier alpha value is -0.410. The normalized spacial score (nSPS) is 15.2. The molecular formula is C11H14BrFO. The molecule has 0 fully saturated rings. The number of benzene rings is 1. The first-order valence-electron chi connectivity index (χ1n) is 4.60. The van der Waals surface area contributed by atoms with Crippen molar-refractivity contribution in [2.24, 2.45) is 0 Å². The molecule has 14 heavy (non-hydrogen) atoms. The van der Waals surface area contributed by atoms with Crippen molar-refractivity contribution in [3.63, 3.8) is 0 Å². The second-order valence-corrected chi connectivity index (χ2v) is 4.37. The van der Waals surface area contributed by atoms with Gasteiger partial charge in [0.25, 0.3) is 0 Å². The molecule has 0 spiro atoms. The lowest BCUT2D eigenvalue weighted by atomic mass is 9.97. The molecule has 0 aliphatic rings. The molecule has 0 aliphatic carbocycles. The Labute approximate surface area is 92.1 Å². The Morgan fingerprint density at radius 1 is 1.50 bits per heavy atom. The van der Waals surface area contributed by atoms with Gasteiger partial charge in [-0.05, 0) is 30.5 Å². The molecule has 1 aromatic carbocycles. The van der Waals surface area contributed by atoms with Crippen molar-refractivity contribution in [1.82, 2.24) is 0 Å². The molecule has 0 bridgehead atoms. The van der Waals surface area contributed by atoms with Crippen LogP contribution in [0.1, 0.15) is 25.0 Å². The van der Waals surface area contributed by atoms with Crippen LogP contribution in [-0.2, 0) is 12.1 Å². The van der Waals surface area contributed by atoms with Gasteiger partial charge in [-0.1, -0.05) is 35.0 Å². The smallest absolute Gasteiger partial charge is 0.156 e. The highest BCUT2D eigenvalue weighted by Gasteiger charge is 2.24. The average Bonchev–Trinajstić information content (AvgIpc) is 2.17. The highest BCUT2D eigenvalue weighted by atomic mass is 79.9. The highest BCUT2D eigenvalue weighted by Crippen LogP contribution is 2.29. The van der Waals surface area contributed by atoms with Crippen molar-refractivity contribution in [2.45, 2.75) is 25.9 Å². The maximum atomic E-state index is 13.7.